The van der Waals surface area contributed by atoms with Crippen LogP contribution in [0.4, 0.5) is 0 Å². The van der Waals surface area contributed by atoms with Crippen molar-refractivity contribution in [3.8, 4) is 11.5 Å². The Hall–Kier alpha value is -3.29. The molecular weight excluding hydrogens is 418 g/mol. The van der Waals surface area contributed by atoms with Gasteiger partial charge in [0.1, 0.15) is 12.4 Å². The van der Waals surface area contributed by atoms with Gasteiger partial charge in [-0.05, 0) is 42.4 Å². The van der Waals surface area contributed by atoms with E-state index in [4.69, 9.17) is 13.9 Å². The minimum absolute atomic E-state index is 0.210. The van der Waals surface area contributed by atoms with Crippen molar-refractivity contribution in [1.82, 2.24) is 15.1 Å². The van der Waals surface area contributed by atoms with Gasteiger partial charge in [-0.15, -0.1) is 0 Å². The summed E-state index contributed by atoms with van der Waals surface area (Å²) in [5.74, 6) is 1.86. The zero-order valence-corrected chi connectivity index (χ0v) is 19.3. The molecule has 7 nitrogen and oxygen atoms in total. The van der Waals surface area contributed by atoms with Crippen LogP contribution in [0.1, 0.15) is 27.4 Å². The number of carbonyl (C=O) groups excluding carboxylic acids is 1. The summed E-state index contributed by atoms with van der Waals surface area (Å²) in [5.41, 5.74) is 2.33. The molecule has 174 valence electrons. The Balaban J connectivity index is 1.27. The lowest BCUT2D eigenvalue weighted by Gasteiger charge is -2.32. The third-order valence-electron chi connectivity index (χ3n) is 5.77. The molecule has 7 heteroatoms. The number of amides is 1. The van der Waals surface area contributed by atoms with Crippen molar-refractivity contribution in [2.24, 2.45) is 0 Å². The minimum Gasteiger partial charge on any atom is -0.493 e. The van der Waals surface area contributed by atoms with Crippen LogP contribution in [0, 0.1) is 0 Å². The Morgan fingerprint density at radius 3 is 2.52 bits per heavy atom. The van der Waals surface area contributed by atoms with Gasteiger partial charge in [0, 0.05) is 39.3 Å². The molecule has 1 fully saturated rings. The van der Waals surface area contributed by atoms with Crippen LogP contribution in [0.15, 0.2) is 65.1 Å². The number of ether oxygens (including phenoxy) is 2. The lowest BCUT2D eigenvalue weighted by atomic mass is 10.1. The molecule has 1 saturated heterocycles. The highest BCUT2D eigenvalue weighted by atomic mass is 16.5. The summed E-state index contributed by atoms with van der Waals surface area (Å²) in [6.07, 6.45) is 0. The van der Waals surface area contributed by atoms with E-state index in [-0.39, 0.29) is 18.3 Å². The first-order chi connectivity index (χ1) is 16.1. The van der Waals surface area contributed by atoms with Crippen LogP contribution < -0.4 is 14.8 Å². The number of nitrogens with zero attached hydrogens (tertiary/aromatic N) is 2. The highest BCUT2D eigenvalue weighted by molar-refractivity contribution is 5.91. The zero-order valence-electron chi connectivity index (χ0n) is 19.3. The summed E-state index contributed by atoms with van der Waals surface area (Å²) < 4.78 is 16.7. The first-order valence-electron chi connectivity index (χ1n) is 11.2. The third kappa shape index (κ3) is 6.37. The predicted octanol–water partition coefficient (Wildman–Crippen LogP) is 3.54. The van der Waals surface area contributed by atoms with Crippen LogP contribution in [0.5, 0.6) is 11.5 Å². The van der Waals surface area contributed by atoms with Gasteiger partial charge in [0.2, 0.25) is 0 Å². The van der Waals surface area contributed by atoms with Gasteiger partial charge in [-0.25, -0.2) is 0 Å². The molecule has 0 aliphatic carbocycles. The SMILES string of the molecule is COc1ccccc1OCc1ccc(C(=O)NCc2cccc(CN3CCN(C)CC3)c2)o1. The molecule has 0 saturated carbocycles. The molecule has 0 radical (unpaired) electrons. The van der Waals surface area contributed by atoms with Crippen molar-refractivity contribution < 1.29 is 18.7 Å². The minimum atomic E-state index is -0.247. The average molecular weight is 450 g/mol. The molecule has 1 aliphatic heterocycles. The van der Waals surface area contributed by atoms with E-state index >= 15 is 0 Å². The van der Waals surface area contributed by atoms with E-state index in [9.17, 15) is 4.79 Å². The monoisotopic (exact) mass is 449 g/mol. The van der Waals surface area contributed by atoms with Crippen LogP contribution in [0.2, 0.25) is 0 Å². The van der Waals surface area contributed by atoms with Gasteiger partial charge in [0.15, 0.2) is 17.3 Å². The molecule has 33 heavy (non-hydrogen) atoms. The van der Waals surface area contributed by atoms with E-state index < -0.39 is 0 Å². The number of methoxy groups -OCH3 is 1. The number of benzene rings is 2. The molecule has 1 N–H and O–H groups in total. The fourth-order valence-electron chi connectivity index (χ4n) is 3.84. The smallest absolute Gasteiger partial charge is 0.287 e. The maximum Gasteiger partial charge on any atom is 0.287 e. The van der Waals surface area contributed by atoms with Gasteiger partial charge in [-0.3, -0.25) is 9.69 Å². The van der Waals surface area contributed by atoms with Crippen LogP contribution in [0.3, 0.4) is 0 Å². The normalized spacial score (nSPS) is 14.7. The molecule has 0 atom stereocenters. The maximum absolute atomic E-state index is 12.6. The summed E-state index contributed by atoms with van der Waals surface area (Å²) in [6, 6.07) is 19.2. The number of carbonyl (C=O) groups is 1. The quantitative estimate of drug-likeness (QED) is 0.539. The second-order valence-electron chi connectivity index (χ2n) is 8.29. The molecule has 0 unspecified atom stereocenters. The van der Waals surface area contributed by atoms with Crippen LogP contribution in [-0.4, -0.2) is 56.0 Å². The van der Waals surface area contributed by atoms with Gasteiger partial charge in [-0.1, -0.05) is 36.4 Å². The van der Waals surface area contributed by atoms with Crippen LogP contribution >= 0.6 is 0 Å². The van der Waals surface area contributed by atoms with Crippen molar-refractivity contribution >= 4 is 5.91 Å². The Morgan fingerprint density at radius 1 is 0.970 bits per heavy atom. The van der Waals surface area contributed by atoms with E-state index in [0.717, 1.165) is 38.3 Å². The summed E-state index contributed by atoms with van der Waals surface area (Å²) >= 11 is 0. The number of piperazine rings is 1. The number of nitrogens with one attached hydrogen (secondary N) is 1. The Morgan fingerprint density at radius 2 is 1.73 bits per heavy atom. The van der Waals surface area contributed by atoms with Gasteiger partial charge in [0.05, 0.1) is 7.11 Å². The fourth-order valence-corrected chi connectivity index (χ4v) is 3.84. The number of furan rings is 1. The number of rotatable bonds is 9. The van der Waals surface area contributed by atoms with Crippen LogP contribution in [0.25, 0.3) is 0 Å². The van der Waals surface area contributed by atoms with Crippen molar-refractivity contribution in [2.75, 3.05) is 40.3 Å². The highest BCUT2D eigenvalue weighted by Gasteiger charge is 2.15. The molecule has 0 bridgehead atoms. The number of likely N-dealkylation sites (N-methyl/N-ethyl adjacent to an activating group) is 1. The molecule has 2 heterocycles. The molecular formula is C26H31N3O4. The van der Waals surface area contributed by atoms with Crippen molar-refractivity contribution in [3.63, 3.8) is 0 Å². The number of para-hydroxylation sites is 2. The number of hydrogen-bond acceptors (Lipinski definition) is 6. The Kier molecular flexibility index (Phi) is 7.65. The van der Waals surface area contributed by atoms with E-state index in [1.807, 2.05) is 36.4 Å². The second-order valence-corrected chi connectivity index (χ2v) is 8.29. The van der Waals surface area contributed by atoms with Crippen LogP contribution in [-0.2, 0) is 19.7 Å². The van der Waals surface area contributed by atoms with E-state index in [0.29, 0.717) is 23.8 Å². The van der Waals surface area contributed by atoms with Gasteiger partial charge in [-0.2, -0.15) is 0 Å². The predicted molar refractivity (Wildman–Crippen MR) is 126 cm³/mol. The standard InChI is InChI=1S/C26H31N3O4/c1-28-12-14-29(15-13-28)18-21-7-5-6-20(16-21)17-27-26(30)25-11-10-22(33-25)19-32-24-9-4-3-8-23(24)31-2/h3-11,16H,12-15,17-19H2,1-2H3,(H,27,30). The Bertz CT molecular complexity index is 1060. The van der Waals surface area contributed by atoms with Gasteiger partial charge >= 0.3 is 0 Å². The number of hydrogen-bond donors (Lipinski definition) is 1. The largest absolute Gasteiger partial charge is 0.493 e. The summed E-state index contributed by atoms with van der Waals surface area (Å²) in [5, 5.41) is 2.94. The molecule has 1 aliphatic rings. The first-order valence-corrected chi connectivity index (χ1v) is 11.2. The molecule has 1 aromatic heterocycles. The second kappa shape index (κ2) is 11.0. The molecule has 0 spiro atoms. The Labute approximate surface area is 194 Å². The summed E-state index contributed by atoms with van der Waals surface area (Å²) in [6.45, 7) is 5.96. The van der Waals surface area contributed by atoms with Gasteiger partial charge < -0.3 is 24.1 Å². The first kappa shape index (κ1) is 22.9. The molecule has 4 rings (SSSR count). The van der Waals surface area contributed by atoms with E-state index in [1.165, 1.54) is 5.56 Å². The van der Waals surface area contributed by atoms with E-state index in [1.54, 1.807) is 19.2 Å². The lowest BCUT2D eigenvalue weighted by Crippen LogP contribution is -2.43. The van der Waals surface area contributed by atoms with Crippen molar-refractivity contribution in [1.29, 1.82) is 0 Å². The topological polar surface area (TPSA) is 67.2 Å². The fraction of sp³-hybridized carbons (Fsp3) is 0.346. The highest BCUT2D eigenvalue weighted by Crippen LogP contribution is 2.26. The third-order valence-corrected chi connectivity index (χ3v) is 5.77. The van der Waals surface area contributed by atoms with Gasteiger partial charge in [0.25, 0.3) is 5.91 Å². The summed E-state index contributed by atoms with van der Waals surface area (Å²) in [4.78, 5) is 17.4. The lowest BCUT2D eigenvalue weighted by molar-refractivity contribution is 0.0919. The van der Waals surface area contributed by atoms with Crippen molar-refractivity contribution in [3.05, 3.63) is 83.3 Å². The average Bonchev–Trinajstić information content (AvgIpc) is 3.32. The van der Waals surface area contributed by atoms with Crippen molar-refractivity contribution in [2.45, 2.75) is 19.7 Å². The zero-order chi connectivity index (χ0) is 23.0. The maximum atomic E-state index is 12.6. The molecule has 2 aromatic carbocycles. The van der Waals surface area contributed by atoms with E-state index in [2.05, 4.69) is 34.3 Å². The summed E-state index contributed by atoms with van der Waals surface area (Å²) in [7, 11) is 3.76. The molecule has 1 amide bonds. The molecule has 3 aromatic rings.